The summed E-state index contributed by atoms with van der Waals surface area (Å²) in [7, 11) is 0. The number of fused-ring (bicyclic) bond motifs is 1. The summed E-state index contributed by atoms with van der Waals surface area (Å²) in [4.78, 5) is 16.5. The third kappa shape index (κ3) is 3.27. The van der Waals surface area contributed by atoms with E-state index in [2.05, 4.69) is 4.98 Å². The summed E-state index contributed by atoms with van der Waals surface area (Å²) < 4.78 is 16.1. The zero-order valence-electron chi connectivity index (χ0n) is 12.9. The first-order valence-electron chi connectivity index (χ1n) is 7.55. The van der Waals surface area contributed by atoms with E-state index in [-0.39, 0.29) is 12.4 Å². The molecule has 0 saturated heterocycles. The zero-order chi connectivity index (χ0) is 17.2. The van der Waals surface area contributed by atoms with Gasteiger partial charge in [0.25, 0.3) is 0 Å². The minimum Gasteiger partial charge on any atom is -0.453 e. The molecule has 2 aromatic heterocycles. The first kappa shape index (κ1) is 15.5. The maximum absolute atomic E-state index is 12.1. The predicted molar refractivity (Wildman–Crippen MR) is 92.3 cm³/mol. The maximum Gasteiger partial charge on any atom is 0.374 e. The second-order valence-electron chi connectivity index (χ2n) is 5.38. The lowest BCUT2D eigenvalue weighted by Gasteiger charge is -1.98. The quantitative estimate of drug-likeness (QED) is 0.477. The van der Waals surface area contributed by atoms with Crippen molar-refractivity contribution in [3.05, 3.63) is 77.3 Å². The van der Waals surface area contributed by atoms with E-state index in [1.807, 2.05) is 30.3 Å². The fraction of sp³-hybridized carbons (Fsp3) is 0.0526. The van der Waals surface area contributed by atoms with Gasteiger partial charge in [-0.2, -0.15) is 0 Å². The van der Waals surface area contributed by atoms with Crippen LogP contribution >= 0.6 is 11.6 Å². The summed E-state index contributed by atoms with van der Waals surface area (Å²) in [5, 5.41) is 1.32. The van der Waals surface area contributed by atoms with Gasteiger partial charge in [-0.05, 0) is 36.4 Å². The van der Waals surface area contributed by atoms with Crippen molar-refractivity contribution in [1.29, 1.82) is 0 Å². The Balaban J connectivity index is 1.45. The van der Waals surface area contributed by atoms with E-state index in [0.29, 0.717) is 22.2 Å². The number of carbonyl (C=O) groups is 1. The summed E-state index contributed by atoms with van der Waals surface area (Å²) in [6.45, 7) is -0.00698. The number of esters is 1. The van der Waals surface area contributed by atoms with Crippen LogP contribution < -0.4 is 0 Å². The van der Waals surface area contributed by atoms with E-state index in [4.69, 9.17) is 25.2 Å². The van der Waals surface area contributed by atoms with Gasteiger partial charge >= 0.3 is 5.97 Å². The Labute approximate surface area is 147 Å². The number of aromatic nitrogens is 1. The number of halogens is 1. The number of hydrogen-bond donors (Lipinski definition) is 0. The molecule has 0 bridgehead atoms. The Bertz CT molecular complexity index is 1040. The molecule has 2 heterocycles. The molecule has 0 fully saturated rings. The van der Waals surface area contributed by atoms with Gasteiger partial charge in [-0.3, -0.25) is 0 Å². The largest absolute Gasteiger partial charge is 0.453 e. The molecule has 6 heteroatoms. The van der Waals surface area contributed by atoms with Gasteiger partial charge in [0.05, 0.1) is 0 Å². The van der Waals surface area contributed by atoms with E-state index in [1.165, 1.54) is 6.26 Å². The molecule has 0 unspecified atom stereocenters. The van der Waals surface area contributed by atoms with Gasteiger partial charge in [0.1, 0.15) is 24.1 Å². The van der Waals surface area contributed by atoms with Gasteiger partial charge in [0.15, 0.2) is 0 Å². The minimum atomic E-state index is -0.573. The number of furan rings is 1. The summed E-state index contributed by atoms with van der Waals surface area (Å²) in [5.41, 5.74) is 1.95. The second kappa shape index (κ2) is 6.45. The van der Waals surface area contributed by atoms with Crippen molar-refractivity contribution in [3.8, 4) is 11.5 Å². The van der Waals surface area contributed by atoms with E-state index in [0.717, 1.165) is 10.9 Å². The van der Waals surface area contributed by atoms with Crippen LogP contribution in [0.4, 0.5) is 0 Å². The van der Waals surface area contributed by atoms with Crippen LogP contribution in [-0.2, 0) is 11.3 Å². The van der Waals surface area contributed by atoms with Gasteiger partial charge in [-0.1, -0.05) is 29.8 Å². The van der Waals surface area contributed by atoms with Gasteiger partial charge in [-0.25, -0.2) is 9.78 Å². The van der Waals surface area contributed by atoms with E-state index < -0.39 is 5.97 Å². The SMILES string of the molecule is O=C(OCc1coc(-c2ccccc2)n1)c1cc2cc(Cl)ccc2o1. The number of ether oxygens (including phenoxy) is 1. The van der Waals surface area contributed by atoms with Crippen LogP contribution in [0, 0.1) is 0 Å². The first-order chi connectivity index (χ1) is 12.2. The lowest BCUT2D eigenvalue weighted by Crippen LogP contribution is -2.04. The van der Waals surface area contributed by atoms with E-state index in [9.17, 15) is 4.79 Å². The van der Waals surface area contributed by atoms with Crippen molar-refractivity contribution in [2.24, 2.45) is 0 Å². The van der Waals surface area contributed by atoms with Crippen molar-refractivity contribution < 1.29 is 18.4 Å². The number of oxazole rings is 1. The number of hydrogen-bond acceptors (Lipinski definition) is 5. The number of nitrogens with zero attached hydrogens (tertiary/aromatic N) is 1. The number of rotatable bonds is 4. The van der Waals surface area contributed by atoms with Gasteiger partial charge in [0.2, 0.25) is 11.7 Å². The molecule has 0 spiro atoms. The molecular formula is C19H12ClNO4. The highest BCUT2D eigenvalue weighted by molar-refractivity contribution is 6.31. The Hall–Kier alpha value is -3.05. The van der Waals surface area contributed by atoms with Crippen LogP contribution in [0.15, 0.2) is 69.7 Å². The topological polar surface area (TPSA) is 65.5 Å². The van der Waals surface area contributed by atoms with Crippen molar-refractivity contribution in [2.45, 2.75) is 6.61 Å². The van der Waals surface area contributed by atoms with Crippen LogP contribution in [0.25, 0.3) is 22.4 Å². The molecule has 4 aromatic rings. The normalized spacial score (nSPS) is 10.9. The van der Waals surface area contributed by atoms with Gasteiger partial charge in [0, 0.05) is 16.0 Å². The molecule has 5 nitrogen and oxygen atoms in total. The molecule has 0 radical (unpaired) electrons. The Morgan fingerprint density at radius 3 is 2.80 bits per heavy atom. The van der Waals surface area contributed by atoms with Crippen LogP contribution in [0.3, 0.4) is 0 Å². The smallest absolute Gasteiger partial charge is 0.374 e. The molecule has 0 aliphatic rings. The fourth-order valence-electron chi connectivity index (χ4n) is 2.41. The third-order valence-electron chi connectivity index (χ3n) is 3.60. The fourth-order valence-corrected chi connectivity index (χ4v) is 2.59. The molecular weight excluding hydrogens is 342 g/mol. The minimum absolute atomic E-state index is 0.00698. The van der Waals surface area contributed by atoms with Crippen LogP contribution in [0.1, 0.15) is 16.2 Å². The summed E-state index contributed by atoms with van der Waals surface area (Å²) in [6, 6.07) is 16.2. The van der Waals surface area contributed by atoms with E-state index in [1.54, 1.807) is 24.3 Å². The molecule has 0 saturated carbocycles. The highest BCUT2D eigenvalue weighted by Crippen LogP contribution is 2.24. The highest BCUT2D eigenvalue weighted by atomic mass is 35.5. The van der Waals surface area contributed by atoms with Crippen LogP contribution in [-0.4, -0.2) is 11.0 Å². The van der Waals surface area contributed by atoms with Crippen LogP contribution in [0.5, 0.6) is 0 Å². The third-order valence-corrected chi connectivity index (χ3v) is 3.84. The average molecular weight is 354 g/mol. The summed E-state index contributed by atoms with van der Waals surface area (Å²) in [6.07, 6.45) is 1.47. The average Bonchev–Trinajstić information content (AvgIpc) is 3.27. The van der Waals surface area contributed by atoms with Crippen LogP contribution in [0.2, 0.25) is 5.02 Å². The molecule has 124 valence electrons. The monoisotopic (exact) mass is 353 g/mol. The molecule has 2 aromatic carbocycles. The van der Waals surface area contributed by atoms with Gasteiger partial charge in [-0.15, -0.1) is 0 Å². The molecule has 0 aliphatic carbocycles. The molecule has 0 atom stereocenters. The highest BCUT2D eigenvalue weighted by Gasteiger charge is 2.15. The Morgan fingerprint density at radius 2 is 1.96 bits per heavy atom. The molecule has 4 rings (SSSR count). The Morgan fingerprint density at radius 1 is 1.12 bits per heavy atom. The van der Waals surface area contributed by atoms with Crippen molar-refractivity contribution in [1.82, 2.24) is 4.98 Å². The summed E-state index contributed by atoms with van der Waals surface area (Å²) in [5.74, 6) is 0.0191. The number of carbonyl (C=O) groups excluding carboxylic acids is 1. The molecule has 0 aliphatic heterocycles. The molecule has 25 heavy (non-hydrogen) atoms. The van der Waals surface area contributed by atoms with Crippen molar-refractivity contribution >= 4 is 28.5 Å². The number of benzene rings is 2. The maximum atomic E-state index is 12.1. The van der Waals surface area contributed by atoms with Gasteiger partial charge < -0.3 is 13.6 Å². The lowest BCUT2D eigenvalue weighted by atomic mass is 10.2. The standard InChI is InChI=1S/C19H12ClNO4/c20-14-6-7-16-13(8-14)9-17(25-16)19(22)24-11-15-10-23-18(21-15)12-4-2-1-3-5-12/h1-10H,11H2. The zero-order valence-corrected chi connectivity index (χ0v) is 13.7. The van der Waals surface area contributed by atoms with Crippen molar-refractivity contribution in [2.75, 3.05) is 0 Å². The molecule has 0 amide bonds. The Kier molecular flexibility index (Phi) is 3.99. The molecule has 0 N–H and O–H groups in total. The second-order valence-corrected chi connectivity index (χ2v) is 5.82. The first-order valence-corrected chi connectivity index (χ1v) is 7.93. The van der Waals surface area contributed by atoms with E-state index >= 15 is 0 Å². The van der Waals surface area contributed by atoms with Crippen molar-refractivity contribution in [3.63, 3.8) is 0 Å². The predicted octanol–water partition coefficient (Wildman–Crippen LogP) is 5.10. The summed E-state index contributed by atoms with van der Waals surface area (Å²) >= 11 is 5.93. The lowest BCUT2D eigenvalue weighted by molar-refractivity contribution is 0.0434.